The Bertz CT molecular complexity index is 1120. The molecule has 3 aromatic rings. The van der Waals surface area contributed by atoms with Crippen LogP contribution in [0, 0.1) is 5.82 Å². The maximum atomic E-state index is 13.3. The Morgan fingerprint density at radius 3 is 2.50 bits per heavy atom. The van der Waals surface area contributed by atoms with E-state index in [0.717, 1.165) is 23.0 Å². The first-order chi connectivity index (χ1) is 14.5. The van der Waals surface area contributed by atoms with Gasteiger partial charge in [0, 0.05) is 13.6 Å². The van der Waals surface area contributed by atoms with Gasteiger partial charge in [-0.1, -0.05) is 25.5 Å². The van der Waals surface area contributed by atoms with E-state index < -0.39 is 11.2 Å². The highest BCUT2D eigenvalue weighted by molar-refractivity contribution is 5.72. The molecule has 2 N–H and O–H groups in total. The SMILES string of the molecule is CCCCOc1nc2c(c(=O)n(CCCON)c(=O)n2C)n1Cc1ccc(F)cc1. The van der Waals surface area contributed by atoms with Gasteiger partial charge in [0.15, 0.2) is 11.2 Å². The number of imidazole rings is 1. The second kappa shape index (κ2) is 9.68. The lowest BCUT2D eigenvalue weighted by Gasteiger charge is -2.11. The summed E-state index contributed by atoms with van der Waals surface area (Å²) in [6.07, 6.45) is 2.16. The molecule has 0 saturated carbocycles. The van der Waals surface area contributed by atoms with Crippen molar-refractivity contribution in [3.8, 4) is 6.01 Å². The van der Waals surface area contributed by atoms with Crippen LogP contribution in [-0.2, 0) is 25.0 Å². The number of ether oxygens (including phenoxy) is 1. The smallest absolute Gasteiger partial charge is 0.332 e. The predicted molar refractivity (Wildman–Crippen MR) is 110 cm³/mol. The number of benzene rings is 1. The molecule has 3 rings (SSSR count). The van der Waals surface area contributed by atoms with E-state index in [0.29, 0.717) is 13.0 Å². The molecule has 1 aromatic carbocycles. The molecule has 0 unspecified atom stereocenters. The molecule has 0 amide bonds. The Morgan fingerprint density at radius 1 is 1.10 bits per heavy atom. The summed E-state index contributed by atoms with van der Waals surface area (Å²) in [6, 6.07) is 6.23. The fourth-order valence-electron chi connectivity index (χ4n) is 3.19. The van der Waals surface area contributed by atoms with Gasteiger partial charge in [0.25, 0.3) is 11.6 Å². The normalized spacial score (nSPS) is 11.3. The van der Waals surface area contributed by atoms with E-state index in [1.165, 1.54) is 16.7 Å². The van der Waals surface area contributed by atoms with E-state index in [1.54, 1.807) is 23.7 Å². The number of nitrogens with two attached hydrogens (primary N) is 1. The summed E-state index contributed by atoms with van der Waals surface area (Å²) in [4.78, 5) is 34.9. The standard InChI is InChI=1S/C20H26FN5O4/c1-3-4-11-29-19-23-17-16(26(19)13-14-6-8-15(21)9-7-14)18(27)25(10-5-12-30-22)20(28)24(17)2/h6-9H,3-5,10-13,22H2,1-2H3. The molecule has 0 atom stereocenters. The number of hydrogen-bond acceptors (Lipinski definition) is 6. The van der Waals surface area contributed by atoms with Gasteiger partial charge in [-0.15, -0.1) is 0 Å². The van der Waals surface area contributed by atoms with Gasteiger partial charge in [-0.25, -0.2) is 15.1 Å². The van der Waals surface area contributed by atoms with Crippen LogP contribution >= 0.6 is 0 Å². The van der Waals surface area contributed by atoms with Crippen LogP contribution in [0.3, 0.4) is 0 Å². The zero-order valence-electron chi connectivity index (χ0n) is 17.1. The second-order valence-electron chi connectivity index (χ2n) is 7.00. The van der Waals surface area contributed by atoms with Crippen molar-refractivity contribution in [1.82, 2.24) is 18.7 Å². The average molecular weight is 419 g/mol. The quantitative estimate of drug-likeness (QED) is 0.395. The van der Waals surface area contributed by atoms with Crippen LogP contribution in [0.15, 0.2) is 33.9 Å². The first-order valence-electron chi connectivity index (χ1n) is 9.86. The highest BCUT2D eigenvalue weighted by Crippen LogP contribution is 2.20. The molecule has 0 bridgehead atoms. The van der Waals surface area contributed by atoms with Crippen LogP contribution in [0.2, 0.25) is 0 Å². The van der Waals surface area contributed by atoms with Gasteiger partial charge in [-0.2, -0.15) is 4.98 Å². The fraction of sp³-hybridized carbons (Fsp3) is 0.450. The zero-order chi connectivity index (χ0) is 21.7. The number of aryl methyl sites for hydroxylation is 1. The Hall–Kier alpha value is -2.98. The average Bonchev–Trinajstić information content (AvgIpc) is 3.09. The van der Waals surface area contributed by atoms with Crippen molar-refractivity contribution < 1.29 is 14.0 Å². The molecule has 0 radical (unpaired) electrons. The molecule has 162 valence electrons. The molecule has 9 nitrogen and oxygen atoms in total. The molecule has 0 aliphatic heterocycles. The molecule has 0 aliphatic carbocycles. The highest BCUT2D eigenvalue weighted by atomic mass is 19.1. The summed E-state index contributed by atoms with van der Waals surface area (Å²) in [5.74, 6) is 4.70. The van der Waals surface area contributed by atoms with Crippen LogP contribution in [0.1, 0.15) is 31.7 Å². The van der Waals surface area contributed by atoms with Crippen LogP contribution in [0.5, 0.6) is 6.01 Å². The largest absolute Gasteiger partial charge is 0.465 e. The van der Waals surface area contributed by atoms with Crippen LogP contribution in [-0.4, -0.2) is 31.9 Å². The Labute approximate surface area is 172 Å². The van der Waals surface area contributed by atoms with Gasteiger partial charge in [0.1, 0.15) is 5.82 Å². The van der Waals surface area contributed by atoms with Crippen molar-refractivity contribution in [2.45, 2.75) is 39.3 Å². The monoisotopic (exact) mass is 419 g/mol. The Morgan fingerprint density at radius 2 is 1.83 bits per heavy atom. The lowest BCUT2D eigenvalue weighted by molar-refractivity contribution is 0.131. The summed E-state index contributed by atoms with van der Waals surface area (Å²) >= 11 is 0. The predicted octanol–water partition coefficient (Wildman–Crippen LogP) is 1.54. The van der Waals surface area contributed by atoms with Gasteiger partial charge >= 0.3 is 5.69 Å². The minimum absolute atomic E-state index is 0.159. The van der Waals surface area contributed by atoms with Gasteiger partial charge in [0.2, 0.25) is 0 Å². The summed E-state index contributed by atoms with van der Waals surface area (Å²) in [7, 11) is 1.56. The molecule has 0 spiro atoms. The van der Waals surface area contributed by atoms with Crippen LogP contribution < -0.4 is 21.9 Å². The van der Waals surface area contributed by atoms with Crippen molar-refractivity contribution in [1.29, 1.82) is 0 Å². The molecule has 30 heavy (non-hydrogen) atoms. The Kier molecular flexibility index (Phi) is 7.01. The van der Waals surface area contributed by atoms with Crippen molar-refractivity contribution >= 4 is 11.2 Å². The number of fused-ring (bicyclic) bond motifs is 1. The van der Waals surface area contributed by atoms with E-state index in [-0.39, 0.29) is 42.7 Å². The number of unbranched alkanes of at least 4 members (excludes halogenated alkanes) is 1. The van der Waals surface area contributed by atoms with Crippen molar-refractivity contribution in [2.24, 2.45) is 12.9 Å². The third kappa shape index (κ3) is 4.44. The molecule has 0 fully saturated rings. The molecule has 10 heteroatoms. The van der Waals surface area contributed by atoms with Gasteiger partial charge in [0.05, 0.1) is 19.8 Å². The van der Waals surface area contributed by atoms with E-state index in [1.807, 2.05) is 6.92 Å². The summed E-state index contributed by atoms with van der Waals surface area (Å²) < 4.78 is 23.2. The zero-order valence-corrected chi connectivity index (χ0v) is 17.1. The fourth-order valence-corrected chi connectivity index (χ4v) is 3.19. The minimum atomic E-state index is -0.476. The van der Waals surface area contributed by atoms with E-state index in [9.17, 15) is 14.0 Å². The van der Waals surface area contributed by atoms with Crippen LogP contribution in [0.4, 0.5) is 4.39 Å². The lowest BCUT2D eigenvalue weighted by Crippen LogP contribution is -2.40. The van der Waals surface area contributed by atoms with E-state index in [4.69, 9.17) is 10.6 Å². The minimum Gasteiger partial charge on any atom is -0.465 e. The van der Waals surface area contributed by atoms with Crippen molar-refractivity contribution in [3.05, 3.63) is 56.5 Å². The van der Waals surface area contributed by atoms with E-state index >= 15 is 0 Å². The number of hydrogen-bond donors (Lipinski definition) is 1. The third-order valence-electron chi connectivity index (χ3n) is 4.82. The number of nitrogens with zero attached hydrogens (tertiary/aromatic N) is 4. The number of halogens is 1. The molecule has 0 aliphatic rings. The van der Waals surface area contributed by atoms with Crippen LogP contribution in [0.25, 0.3) is 11.2 Å². The van der Waals surface area contributed by atoms with Crippen molar-refractivity contribution in [2.75, 3.05) is 13.2 Å². The number of aromatic nitrogens is 4. The Balaban J connectivity index is 2.15. The maximum absolute atomic E-state index is 13.3. The van der Waals surface area contributed by atoms with Gasteiger partial charge < -0.3 is 9.57 Å². The maximum Gasteiger partial charge on any atom is 0.332 e. The summed E-state index contributed by atoms with van der Waals surface area (Å²) in [5, 5.41) is 0. The topological polar surface area (TPSA) is 106 Å². The number of rotatable bonds is 10. The molecular formula is C20H26FN5O4. The molecule has 0 saturated heterocycles. The molecule has 2 aromatic heterocycles. The summed E-state index contributed by atoms with van der Waals surface area (Å²) in [6.45, 7) is 3.09. The molecular weight excluding hydrogens is 393 g/mol. The van der Waals surface area contributed by atoms with E-state index in [2.05, 4.69) is 9.82 Å². The molecule has 2 heterocycles. The first kappa shape index (κ1) is 21.7. The second-order valence-corrected chi connectivity index (χ2v) is 7.00. The third-order valence-corrected chi connectivity index (χ3v) is 4.82. The first-order valence-corrected chi connectivity index (χ1v) is 9.86. The van der Waals surface area contributed by atoms with Crippen molar-refractivity contribution in [3.63, 3.8) is 0 Å². The lowest BCUT2D eigenvalue weighted by atomic mass is 10.2. The summed E-state index contributed by atoms with van der Waals surface area (Å²) in [5.41, 5.74) is 0.319. The van der Waals surface area contributed by atoms with Gasteiger partial charge in [-0.3, -0.25) is 18.5 Å². The highest BCUT2D eigenvalue weighted by Gasteiger charge is 2.21. The van der Waals surface area contributed by atoms with Gasteiger partial charge in [-0.05, 0) is 30.5 Å².